The van der Waals surface area contributed by atoms with Gasteiger partial charge in [0.05, 0.1) is 11.5 Å². The summed E-state index contributed by atoms with van der Waals surface area (Å²) in [6.07, 6.45) is 1.39. The first-order valence-corrected chi connectivity index (χ1v) is 2.69. The van der Waals surface area contributed by atoms with E-state index in [2.05, 4.69) is 15.4 Å². The van der Waals surface area contributed by atoms with Crippen molar-refractivity contribution in [2.45, 2.75) is 0 Å². The van der Waals surface area contributed by atoms with Crippen LogP contribution in [0.25, 0.3) is 6.08 Å². The van der Waals surface area contributed by atoms with E-state index in [9.17, 15) is 4.79 Å². The minimum atomic E-state index is -0.389. The highest BCUT2D eigenvalue weighted by atomic mass is 32.1. The van der Waals surface area contributed by atoms with Crippen molar-refractivity contribution >= 4 is 17.6 Å². The van der Waals surface area contributed by atoms with Gasteiger partial charge in [0.1, 0.15) is 0 Å². The molecule has 1 heterocycles. The molecule has 1 rings (SSSR count). The van der Waals surface area contributed by atoms with E-state index in [4.69, 9.17) is 0 Å². The summed E-state index contributed by atoms with van der Waals surface area (Å²) >= 11 is 0.786. The number of rotatable bonds is 1. The van der Waals surface area contributed by atoms with Crippen LogP contribution >= 0.6 is 11.5 Å². The van der Waals surface area contributed by atoms with Gasteiger partial charge < -0.3 is 4.42 Å². The number of hydrogen-bond acceptors (Lipinski definition) is 4. The topological polar surface area (TPSA) is 43.1 Å². The normalized spacial score (nSPS) is 9.00. The zero-order valence-corrected chi connectivity index (χ0v) is 4.77. The zero-order valence-electron chi connectivity index (χ0n) is 3.96. The largest absolute Gasteiger partial charge is 0.414 e. The fraction of sp³-hybridized carbons (Fsp3) is 0. The van der Waals surface area contributed by atoms with Crippen molar-refractivity contribution in [2.75, 3.05) is 0 Å². The number of hydrogen-bond donors (Lipinski definition) is 0. The molecule has 3 nitrogen and oxygen atoms in total. The summed E-state index contributed by atoms with van der Waals surface area (Å²) in [4.78, 5) is 9.80. The van der Waals surface area contributed by atoms with Gasteiger partial charge in [-0.1, -0.05) is 6.58 Å². The Morgan fingerprint density at radius 3 is 2.88 bits per heavy atom. The third-order valence-corrected chi connectivity index (χ3v) is 1.08. The average Bonchev–Trinajstić information content (AvgIpc) is 2.14. The fourth-order valence-electron chi connectivity index (χ4n) is 0.284. The van der Waals surface area contributed by atoms with Crippen LogP contribution in [0, 0.1) is 0 Å². The molecule has 42 valence electrons. The van der Waals surface area contributed by atoms with Crippen molar-refractivity contribution < 1.29 is 4.42 Å². The van der Waals surface area contributed by atoms with Crippen LogP contribution in [0.2, 0.25) is 0 Å². The van der Waals surface area contributed by atoms with Gasteiger partial charge in [0, 0.05) is 0 Å². The summed E-state index contributed by atoms with van der Waals surface area (Å²) in [5.41, 5.74) is 0. The summed E-state index contributed by atoms with van der Waals surface area (Å²) < 4.78 is 8.05. The molecule has 0 aromatic carbocycles. The summed E-state index contributed by atoms with van der Waals surface area (Å²) in [5.74, 6) is 0.292. The van der Waals surface area contributed by atoms with Crippen LogP contribution in [0.5, 0.6) is 0 Å². The molecular formula is C4H3NO2S. The molecule has 1 aromatic heterocycles. The molecule has 0 aliphatic carbocycles. The van der Waals surface area contributed by atoms with E-state index in [1.165, 1.54) is 6.08 Å². The van der Waals surface area contributed by atoms with Crippen molar-refractivity contribution in [2.24, 2.45) is 0 Å². The summed E-state index contributed by atoms with van der Waals surface area (Å²) in [7, 11) is 0. The molecule has 0 radical (unpaired) electrons. The molecule has 0 saturated heterocycles. The Hall–Kier alpha value is -0.900. The first kappa shape index (κ1) is 5.24. The van der Waals surface area contributed by atoms with Gasteiger partial charge in [-0.2, -0.15) is 0 Å². The fourth-order valence-corrected chi connectivity index (χ4v) is 0.683. The van der Waals surface area contributed by atoms with Crippen LogP contribution in [0.1, 0.15) is 5.89 Å². The van der Waals surface area contributed by atoms with Crippen LogP contribution in [0.15, 0.2) is 15.8 Å². The summed E-state index contributed by atoms with van der Waals surface area (Å²) in [6, 6.07) is 0. The second kappa shape index (κ2) is 1.92. The van der Waals surface area contributed by atoms with E-state index < -0.39 is 0 Å². The standard InChI is InChI=1S/C4H3NO2S/c1-2-3-5-8-4(6)7-3/h2H,1H2. The Morgan fingerprint density at radius 1 is 1.88 bits per heavy atom. The van der Waals surface area contributed by atoms with Crippen molar-refractivity contribution in [3.63, 3.8) is 0 Å². The van der Waals surface area contributed by atoms with Crippen LogP contribution in [0.4, 0.5) is 0 Å². The Bertz CT molecular complexity index is 236. The first-order valence-electron chi connectivity index (χ1n) is 1.92. The summed E-state index contributed by atoms with van der Waals surface area (Å²) in [6.45, 7) is 3.36. The van der Waals surface area contributed by atoms with Gasteiger partial charge in [0.2, 0.25) is 5.89 Å². The molecule has 1 aromatic rings. The number of nitrogens with zero attached hydrogens (tertiary/aromatic N) is 1. The molecule has 0 fully saturated rings. The maximum absolute atomic E-state index is 10.2. The molecule has 0 N–H and O–H groups in total. The Labute approximate surface area is 49.4 Å². The van der Waals surface area contributed by atoms with Crippen molar-refractivity contribution in [1.82, 2.24) is 4.37 Å². The lowest BCUT2D eigenvalue weighted by Crippen LogP contribution is -1.80. The monoisotopic (exact) mass is 129 g/mol. The highest BCUT2D eigenvalue weighted by molar-refractivity contribution is 7.02. The minimum absolute atomic E-state index is 0.292. The molecule has 0 bridgehead atoms. The van der Waals surface area contributed by atoms with Gasteiger partial charge in [-0.15, -0.1) is 4.37 Å². The van der Waals surface area contributed by atoms with Crippen LogP contribution in [0.3, 0.4) is 0 Å². The lowest BCUT2D eigenvalue weighted by atomic mass is 10.7. The third-order valence-electron chi connectivity index (χ3n) is 0.573. The molecule has 4 heteroatoms. The molecule has 0 saturated carbocycles. The Morgan fingerprint density at radius 2 is 2.62 bits per heavy atom. The van der Waals surface area contributed by atoms with E-state index in [0.29, 0.717) is 5.89 Å². The van der Waals surface area contributed by atoms with Crippen molar-refractivity contribution in [3.8, 4) is 0 Å². The van der Waals surface area contributed by atoms with Gasteiger partial charge in [-0.05, 0) is 6.08 Å². The van der Waals surface area contributed by atoms with Gasteiger partial charge in [0.15, 0.2) is 0 Å². The minimum Gasteiger partial charge on any atom is -0.395 e. The average molecular weight is 129 g/mol. The van der Waals surface area contributed by atoms with Gasteiger partial charge in [-0.3, -0.25) is 0 Å². The molecule has 0 aliphatic rings. The molecule has 0 unspecified atom stereocenters. The Balaban J connectivity index is 3.18. The maximum atomic E-state index is 10.2. The van der Waals surface area contributed by atoms with E-state index in [1.54, 1.807) is 0 Å². The van der Waals surface area contributed by atoms with Gasteiger partial charge in [-0.25, -0.2) is 4.79 Å². The second-order valence-electron chi connectivity index (χ2n) is 1.08. The quantitative estimate of drug-likeness (QED) is 0.561. The lowest BCUT2D eigenvalue weighted by Gasteiger charge is -1.68. The van der Waals surface area contributed by atoms with Gasteiger partial charge in [0.25, 0.3) is 0 Å². The zero-order chi connectivity index (χ0) is 5.98. The second-order valence-corrected chi connectivity index (χ2v) is 1.78. The smallest absolute Gasteiger partial charge is 0.395 e. The molecule has 0 amide bonds. The van der Waals surface area contributed by atoms with Gasteiger partial charge >= 0.3 is 4.94 Å². The molecular weight excluding hydrogens is 126 g/mol. The Kier molecular flexibility index (Phi) is 1.26. The third kappa shape index (κ3) is 0.840. The maximum Gasteiger partial charge on any atom is 0.414 e. The van der Waals surface area contributed by atoms with Crippen LogP contribution in [-0.4, -0.2) is 4.37 Å². The summed E-state index contributed by atoms with van der Waals surface area (Å²) in [5, 5.41) is 0. The molecule has 0 spiro atoms. The van der Waals surface area contributed by atoms with E-state index >= 15 is 0 Å². The molecule has 8 heavy (non-hydrogen) atoms. The predicted octanol–water partition coefficient (Wildman–Crippen LogP) is 0.739. The molecule has 0 atom stereocenters. The first-order chi connectivity index (χ1) is 3.83. The van der Waals surface area contributed by atoms with E-state index in [-0.39, 0.29) is 4.94 Å². The van der Waals surface area contributed by atoms with Crippen LogP contribution in [-0.2, 0) is 0 Å². The van der Waals surface area contributed by atoms with Crippen molar-refractivity contribution in [1.29, 1.82) is 0 Å². The van der Waals surface area contributed by atoms with Crippen LogP contribution < -0.4 is 4.94 Å². The van der Waals surface area contributed by atoms with E-state index in [1.807, 2.05) is 0 Å². The molecule has 0 aliphatic heterocycles. The lowest BCUT2D eigenvalue weighted by molar-refractivity contribution is 0.516. The van der Waals surface area contributed by atoms with E-state index in [0.717, 1.165) is 11.5 Å². The highest BCUT2D eigenvalue weighted by Crippen LogP contribution is 1.92. The van der Waals surface area contributed by atoms with Crippen molar-refractivity contribution in [3.05, 3.63) is 22.2 Å². The highest BCUT2D eigenvalue weighted by Gasteiger charge is 1.91. The SMILES string of the molecule is C=Cc1nsc(=O)o1. The predicted molar refractivity (Wildman–Crippen MR) is 30.7 cm³/mol. The number of aromatic nitrogens is 1.